The van der Waals surface area contributed by atoms with E-state index in [9.17, 15) is 5.26 Å². The fourth-order valence-corrected chi connectivity index (χ4v) is 9.24. The molecule has 2 heteroatoms. The summed E-state index contributed by atoms with van der Waals surface area (Å²) in [7, 11) is 0. The Hall–Kier alpha value is -7.99. The number of benzene rings is 10. The lowest BCUT2D eigenvalue weighted by Crippen LogP contribution is -2.09. The van der Waals surface area contributed by atoms with Gasteiger partial charge in [0.05, 0.1) is 11.6 Å². The van der Waals surface area contributed by atoms with Gasteiger partial charge in [-0.15, -0.1) is 0 Å². The molecule has 0 atom stereocenters. The van der Waals surface area contributed by atoms with Gasteiger partial charge >= 0.3 is 0 Å². The van der Waals surface area contributed by atoms with Gasteiger partial charge in [0.15, 0.2) is 0 Å². The Morgan fingerprint density at radius 1 is 0.305 bits per heavy atom. The highest BCUT2D eigenvalue weighted by atomic mass is 15.1. The Bertz CT molecular complexity index is 3140. The maximum absolute atomic E-state index is 9.30. The van der Waals surface area contributed by atoms with Crippen LogP contribution in [0.15, 0.2) is 218 Å². The van der Waals surface area contributed by atoms with E-state index in [0.29, 0.717) is 5.56 Å². The zero-order chi connectivity index (χ0) is 39.3. The van der Waals surface area contributed by atoms with Crippen molar-refractivity contribution >= 4 is 38.6 Å². The third-order valence-electron chi connectivity index (χ3n) is 11.8. The summed E-state index contributed by atoms with van der Waals surface area (Å²) >= 11 is 0. The first kappa shape index (κ1) is 34.3. The van der Waals surface area contributed by atoms with Crippen molar-refractivity contribution in [1.29, 1.82) is 5.26 Å². The minimum atomic E-state index is 0.660. The van der Waals surface area contributed by atoms with E-state index in [2.05, 4.69) is 205 Å². The van der Waals surface area contributed by atoms with Crippen LogP contribution in [0.4, 0.5) is 17.1 Å². The molecule has 0 spiro atoms. The van der Waals surface area contributed by atoms with Crippen molar-refractivity contribution in [1.82, 2.24) is 0 Å². The molecule has 0 heterocycles. The molecule has 0 saturated carbocycles. The van der Waals surface area contributed by atoms with Crippen LogP contribution >= 0.6 is 0 Å². The maximum atomic E-state index is 9.30. The van der Waals surface area contributed by atoms with Gasteiger partial charge in [0, 0.05) is 17.1 Å². The molecule has 0 fully saturated rings. The summed E-state index contributed by atoms with van der Waals surface area (Å²) in [4.78, 5) is 2.33. The van der Waals surface area contributed by atoms with Gasteiger partial charge in [0.25, 0.3) is 0 Å². The van der Waals surface area contributed by atoms with Crippen LogP contribution in [-0.4, -0.2) is 0 Å². The number of anilines is 3. The van der Waals surface area contributed by atoms with Crippen LogP contribution in [0.1, 0.15) is 5.56 Å². The molecular weight excluding hydrogens is 713 g/mol. The van der Waals surface area contributed by atoms with Crippen LogP contribution in [-0.2, 0) is 0 Å². The second-order valence-electron chi connectivity index (χ2n) is 15.1. The van der Waals surface area contributed by atoms with E-state index < -0.39 is 0 Å². The van der Waals surface area contributed by atoms with E-state index in [0.717, 1.165) is 33.8 Å². The van der Waals surface area contributed by atoms with Crippen molar-refractivity contribution < 1.29 is 0 Å². The Morgan fingerprint density at radius 2 is 0.763 bits per heavy atom. The molecule has 11 rings (SSSR count). The largest absolute Gasteiger partial charge is 0.310 e. The number of para-hydroxylation sites is 1. The molecule has 2 nitrogen and oxygen atoms in total. The molecule has 1 aliphatic rings. The van der Waals surface area contributed by atoms with E-state index in [1.165, 1.54) is 71.6 Å². The van der Waals surface area contributed by atoms with Gasteiger partial charge in [0.2, 0.25) is 0 Å². The highest BCUT2D eigenvalue weighted by Gasteiger charge is 2.31. The SMILES string of the molecule is N#Cc1ccc(-c2ccc(N(c3ccccc3)c3cccc(-c4ccc5c6c(cccc46)-c4c-5c(-c5ccccc5)c5ccccc5c4-c4ccccc4)c3)cc2)cc1. The fourth-order valence-electron chi connectivity index (χ4n) is 9.24. The monoisotopic (exact) mass is 748 g/mol. The number of hydrogen-bond acceptors (Lipinski definition) is 2. The van der Waals surface area contributed by atoms with Gasteiger partial charge in [-0.3, -0.25) is 0 Å². The normalized spacial score (nSPS) is 11.4. The Balaban J connectivity index is 1.09. The van der Waals surface area contributed by atoms with Crippen molar-refractivity contribution in [3.05, 3.63) is 224 Å². The molecule has 10 aromatic carbocycles. The number of hydrogen-bond donors (Lipinski definition) is 0. The van der Waals surface area contributed by atoms with Gasteiger partial charge in [-0.25, -0.2) is 0 Å². The third-order valence-corrected chi connectivity index (χ3v) is 11.8. The molecule has 59 heavy (non-hydrogen) atoms. The number of fused-ring (bicyclic) bond motifs is 4. The average molecular weight is 749 g/mol. The minimum Gasteiger partial charge on any atom is -0.310 e. The van der Waals surface area contributed by atoms with Gasteiger partial charge in [0.1, 0.15) is 0 Å². The quantitative estimate of drug-likeness (QED) is 0.162. The molecule has 274 valence electrons. The van der Waals surface area contributed by atoms with Crippen LogP contribution in [0.2, 0.25) is 0 Å². The Kier molecular flexibility index (Phi) is 8.24. The molecule has 0 amide bonds. The first-order chi connectivity index (χ1) is 29.2. The molecule has 0 unspecified atom stereocenters. The lowest BCUT2D eigenvalue weighted by atomic mass is 9.82. The van der Waals surface area contributed by atoms with Crippen LogP contribution < -0.4 is 4.90 Å². The predicted octanol–water partition coefficient (Wildman–Crippen LogP) is 15.6. The molecule has 0 bridgehead atoms. The minimum absolute atomic E-state index is 0.660. The van der Waals surface area contributed by atoms with Crippen molar-refractivity contribution in [2.45, 2.75) is 0 Å². The van der Waals surface area contributed by atoms with Crippen molar-refractivity contribution in [3.63, 3.8) is 0 Å². The summed E-state index contributed by atoms with van der Waals surface area (Å²) in [6.07, 6.45) is 0. The molecule has 0 aliphatic heterocycles. The topological polar surface area (TPSA) is 27.0 Å². The first-order valence-electron chi connectivity index (χ1n) is 20.1. The summed E-state index contributed by atoms with van der Waals surface area (Å²) in [6.45, 7) is 0. The molecule has 10 aromatic rings. The highest BCUT2D eigenvalue weighted by molar-refractivity contribution is 6.28. The molecule has 0 radical (unpaired) electrons. The highest BCUT2D eigenvalue weighted by Crippen LogP contribution is 2.58. The maximum Gasteiger partial charge on any atom is 0.0991 e. The van der Waals surface area contributed by atoms with Gasteiger partial charge < -0.3 is 4.90 Å². The lowest BCUT2D eigenvalue weighted by Gasteiger charge is -2.26. The van der Waals surface area contributed by atoms with Crippen LogP contribution in [0, 0.1) is 11.3 Å². The zero-order valence-corrected chi connectivity index (χ0v) is 32.2. The van der Waals surface area contributed by atoms with Crippen molar-refractivity contribution in [2.75, 3.05) is 4.90 Å². The fraction of sp³-hybridized carbons (Fsp3) is 0. The molecule has 0 N–H and O–H groups in total. The standard InChI is InChI=1S/C57H36N2/c58-37-38-26-28-39(29-27-38)40-30-32-45(33-31-40)59(44-19-8-3-9-20-44)46-21-12-18-43(36-46)47-34-35-52-55-48(47)24-13-25-51(55)56-53(41-14-4-1-5-15-41)49-22-10-11-23-50(49)54(57(52)56)42-16-6-2-7-17-42/h1-36H. The Morgan fingerprint density at radius 3 is 1.37 bits per heavy atom. The average Bonchev–Trinajstić information content (AvgIpc) is 3.64. The van der Waals surface area contributed by atoms with Crippen LogP contribution in [0.3, 0.4) is 0 Å². The molecular formula is C57H36N2. The summed E-state index contributed by atoms with van der Waals surface area (Å²) in [5.41, 5.74) is 18.6. The smallest absolute Gasteiger partial charge is 0.0991 e. The summed E-state index contributed by atoms with van der Waals surface area (Å²) in [5, 5.41) is 14.4. The molecule has 1 aliphatic carbocycles. The number of rotatable bonds is 7. The van der Waals surface area contributed by atoms with E-state index in [1.54, 1.807) is 0 Å². The van der Waals surface area contributed by atoms with Crippen LogP contribution in [0.25, 0.3) is 88.3 Å². The zero-order valence-electron chi connectivity index (χ0n) is 32.2. The van der Waals surface area contributed by atoms with E-state index in [4.69, 9.17) is 0 Å². The first-order valence-corrected chi connectivity index (χ1v) is 20.1. The van der Waals surface area contributed by atoms with Crippen LogP contribution in [0.5, 0.6) is 0 Å². The van der Waals surface area contributed by atoms with E-state index >= 15 is 0 Å². The number of nitrogens with zero attached hydrogens (tertiary/aromatic N) is 2. The summed E-state index contributed by atoms with van der Waals surface area (Å²) in [6, 6.07) is 80.5. The predicted molar refractivity (Wildman–Crippen MR) is 247 cm³/mol. The lowest BCUT2D eigenvalue weighted by molar-refractivity contribution is 1.28. The Labute approximate surface area is 344 Å². The summed E-state index contributed by atoms with van der Waals surface area (Å²) < 4.78 is 0. The van der Waals surface area contributed by atoms with E-state index in [1.807, 2.05) is 24.3 Å². The van der Waals surface area contributed by atoms with Gasteiger partial charge in [-0.05, 0) is 137 Å². The van der Waals surface area contributed by atoms with Crippen molar-refractivity contribution in [2.24, 2.45) is 0 Å². The molecule has 0 saturated heterocycles. The van der Waals surface area contributed by atoms with Gasteiger partial charge in [-0.2, -0.15) is 5.26 Å². The second-order valence-corrected chi connectivity index (χ2v) is 15.1. The van der Waals surface area contributed by atoms with Gasteiger partial charge in [-0.1, -0.05) is 170 Å². The second kappa shape index (κ2) is 14.2. The van der Waals surface area contributed by atoms with Crippen molar-refractivity contribution in [3.8, 4) is 72.8 Å². The molecule has 0 aromatic heterocycles. The number of nitriles is 1. The third kappa shape index (κ3) is 5.72. The summed E-state index contributed by atoms with van der Waals surface area (Å²) in [5.74, 6) is 0. The van der Waals surface area contributed by atoms with E-state index in [-0.39, 0.29) is 0 Å².